The largest absolute Gasteiger partial charge is 0.492 e. The van der Waals surface area contributed by atoms with Gasteiger partial charge in [0, 0.05) is 24.5 Å². The Labute approximate surface area is 178 Å². The molecule has 0 amide bonds. The average molecular weight is 425 g/mol. The van der Waals surface area contributed by atoms with Crippen LogP contribution in [-0.2, 0) is 19.4 Å². The standard InChI is InChI=1S/C22H21ClN4OS/c1-2-18-24-22-27(25-18)21(28)20(29-22)19(15-7-9-17(23)10-8-15)26-12-11-14-5-3-4-6-16(14)13-26/h3-10,19,28H,2,11-13H2,1H3/t19-/m0/s1. The molecule has 1 N–H and O–H groups in total. The molecule has 0 radical (unpaired) electrons. The average Bonchev–Trinajstić information content (AvgIpc) is 3.29. The van der Waals surface area contributed by atoms with E-state index in [1.165, 1.54) is 22.5 Å². The number of nitrogens with zero attached hydrogens (tertiary/aromatic N) is 4. The third kappa shape index (κ3) is 3.31. The zero-order chi connectivity index (χ0) is 20.0. The summed E-state index contributed by atoms with van der Waals surface area (Å²) in [7, 11) is 0. The molecule has 5 nitrogen and oxygen atoms in total. The summed E-state index contributed by atoms with van der Waals surface area (Å²) in [6.45, 7) is 3.76. The molecule has 0 bridgehead atoms. The third-order valence-corrected chi connectivity index (χ3v) is 6.84. The maximum absolute atomic E-state index is 11.0. The van der Waals surface area contributed by atoms with Crippen molar-refractivity contribution in [2.45, 2.75) is 32.4 Å². The molecule has 4 aromatic rings. The molecular weight excluding hydrogens is 404 g/mol. The highest BCUT2D eigenvalue weighted by Crippen LogP contribution is 2.41. The zero-order valence-electron chi connectivity index (χ0n) is 16.0. The molecule has 0 fully saturated rings. The first kappa shape index (κ1) is 18.6. The van der Waals surface area contributed by atoms with Gasteiger partial charge in [-0.15, -0.1) is 5.10 Å². The van der Waals surface area contributed by atoms with Gasteiger partial charge in [-0.25, -0.2) is 4.98 Å². The number of halogens is 1. The van der Waals surface area contributed by atoms with Gasteiger partial charge in [0.05, 0.1) is 10.9 Å². The number of aromatic hydroxyl groups is 1. The van der Waals surface area contributed by atoms with Crippen molar-refractivity contribution in [3.05, 3.63) is 80.9 Å². The summed E-state index contributed by atoms with van der Waals surface area (Å²) in [5.74, 6) is 0.920. The van der Waals surface area contributed by atoms with Gasteiger partial charge in [-0.1, -0.05) is 66.3 Å². The van der Waals surface area contributed by atoms with E-state index in [1.54, 1.807) is 4.52 Å². The molecule has 1 aliphatic heterocycles. The van der Waals surface area contributed by atoms with Crippen molar-refractivity contribution in [1.82, 2.24) is 19.5 Å². The van der Waals surface area contributed by atoms with Gasteiger partial charge in [0.1, 0.15) is 0 Å². The second-order valence-electron chi connectivity index (χ2n) is 7.31. The van der Waals surface area contributed by atoms with Gasteiger partial charge in [0.25, 0.3) is 0 Å². The van der Waals surface area contributed by atoms with Crippen molar-refractivity contribution < 1.29 is 5.11 Å². The number of thiazole rings is 1. The topological polar surface area (TPSA) is 53.7 Å². The first-order valence-electron chi connectivity index (χ1n) is 9.77. The maximum Gasteiger partial charge on any atom is 0.230 e. The van der Waals surface area contributed by atoms with Crippen LogP contribution in [0.3, 0.4) is 0 Å². The highest BCUT2D eigenvalue weighted by Gasteiger charge is 2.31. The lowest BCUT2D eigenvalue weighted by atomic mass is 9.96. The number of aryl methyl sites for hydroxylation is 1. The summed E-state index contributed by atoms with van der Waals surface area (Å²) >= 11 is 7.65. The second-order valence-corrected chi connectivity index (χ2v) is 8.75. The lowest BCUT2D eigenvalue weighted by molar-refractivity contribution is 0.205. The highest BCUT2D eigenvalue weighted by molar-refractivity contribution is 7.17. The first-order valence-corrected chi connectivity index (χ1v) is 11.0. The lowest BCUT2D eigenvalue weighted by Crippen LogP contribution is -2.34. The number of aromatic nitrogens is 3. The van der Waals surface area contributed by atoms with Crippen molar-refractivity contribution in [3.8, 4) is 5.88 Å². The fourth-order valence-corrected chi connectivity index (χ4v) is 5.29. The van der Waals surface area contributed by atoms with Crippen LogP contribution in [0, 0.1) is 0 Å². The van der Waals surface area contributed by atoms with Crippen LogP contribution in [0.25, 0.3) is 4.96 Å². The quantitative estimate of drug-likeness (QED) is 0.508. The third-order valence-electron chi connectivity index (χ3n) is 5.52. The van der Waals surface area contributed by atoms with Gasteiger partial charge in [-0.3, -0.25) is 4.90 Å². The summed E-state index contributed by atoms with van der Waals surface area (Å²) in [6.07, 6.45) is 1.73. The molecule has 0 spiro atoms. The van der Waals surface area contributed by atoms with Gasteiger partial charge < -0.3 is 5.11 Å². The molecule has 0 aliphatic carbocycles. The smallest absolute Gasteiger partial charge is 0.230 e. The molecule has 0 saturated heterocycles. The molecule has 1 aliphatic rings. The van der Waals surface area contributed by atoms with Crippen LogP contribution in [0.1, 0.15) is 40.4 Å². The van der Waals surface area contributed by atoms with Crippen molar-refractivity contribution in [2.24, 2.45) is 0 Å². The normalized spacial score (nSPS) is 15.5. The fourth-order valence-electron chi connectivity index (χ4n) is 4.03. The molecule has 0 saturated carbocycles. The SMILES string of the molecule is CCc1nc2sc([C@H](c3ccc(Cl)cc3)N3CCc4ccccc4C3)c(O)n2n1. The molecule has 1 atom stereocenters. The molecule has 3 heterocycles. The minimum Gasteiger partial charge on any atom is -0.492 e. The van der Waals surface area contributed by atoms with Crippen LogP contribution in [-0.4, -0.2) is 31.1 Å². The van der Waals surface area contributed by atoms with Gasteiger partial charge in [-0.05, 0) is 35.2 Å². The number of fused-ring (bicyclic) bond motifs is 2. The molecule has 5 rings (SSSR count). The molecule has 2 aromatic carbocycles. The molecule has 148 valence electrons. The van der Waals surface area contributed by atoms with E-state index in [4.69, 9.17) is 11.6 Å². The van der Waals surface area contributed by atoms with Gasteiger partial charge in [-0.2, -0.15) is 4.52 Å². The Kier molecular flexibility index (Phi) is 4.78. The Hall–Kier alpha value is -2.41. The number of rotatable bonds is 4. The van der Waals surface area contributed by atoms with Crippen LogP contribution in [0.4, 0.5) is 0 Å². The van der Waals surface area contributed by atoms with E-state index >= 15 is 0 Å². The van der Waals surface area contributed by atoms with E-state index in [0.29, 0.717) is 5.02 Å². The van der Waals surface area contributed by atoms with E-state index in [-0.39, 0.29) is 11.9 Å². The van der Waals surface area contributed by atoms with Gasteiger partial charge >= 0.3 is 0 Å². The van der Waals surface area contributed by atoms with E-state index in [0.717, 1.165) is 47.2 Å². The monoisotopic (exact) mass is 424 g/mol. The predicted molar refractivity (Wildman–Crippen MR) is 116 cm³/mol. The Morgan fingerprint density at radius 1 is 1.14 bits per heavy atom. The molecule has 2 aromatic heterocycles. The number of benzene rings is 2. The van der Waals surface area contributed by atoms with Crippen LogP contribution < -0.4 is 0 Å². The van der Waals surface area contributed by atoms with Gasteiger partial charge in [0.2, 0.25) is 10.8 Å². The van der Waals surface area contributed by atoms with Crippen LogP contribution >= 0.6 is 22.9 Å². The summed E-state index contributed by atoms with van der Waals surface area (Å²) in [4.78, 5) is 8.56. The molecule has 29 heavy (non-hydrogen) atoms. The van der Waals surface area contributed by atoms with Gasteiger partial charge in [0.15, 0.2) is 5.82 Å². The van der Waals surface area contributed by atoms with E-state index in [9.17, 15) is 5.11 Å². The zero-order valence-corrected chi connectivity index (χ0v) is 17.6. The predicted octanol–water partition coefficient (Wildman–Crippen LogP) is 4.86. The van der Waals surface area contributed by atoms with Crippen LogP contribution in [0.2, 0.25) is 5.02 Å². The van der Waals surface area contributed by atoms with Crippen molar-refractivity contribution in [1.29, 1.82) is 0 Å². The van der Waals surface area contributed by atoms with Crippen molar-refractivity contribution in [3.63, 3.8) is 0 Å². The fraction of sp³-hybridized carbons (Fsp3) is 0.273. The Bertz CT molecular complexity index is 1170. The molecular formula is C22H21ClN4OS. The van der Waals surface area contributed by atoms with Crippen LogP contribution in [0.5, 0.6) is 5.88 Å². The molecule has 0 unspecified atom stereocenters. The Morgan fingerprint density at radius 2 is 1.90 bits per heavy atom. The minimum atomic E-state index is -0.0841. The van der Waals surface area contributed by atoms with E-state index in [1.807, 2.05) is 31.2 Å². The maximum atomic E-state index is 11.0. The number of hydrogen-bond donors (Lipinski definition) is 1. The van der Waals surface area contributed by atoms with Crippen molar-refractivity contribution >= 4 is 27.9 Å². The summed E-state index contributed by atoms with van der Waals surface area (Å²) in [5.41, 5.74) is 3.84. The van der Waals surface area contributed by atoms with Crippen LogP contribution in [0.15, 0.2) is 48.5 Å². The first-order chi connectivity index (χ1) is 14.1. The lowest BCUT2D eigenvalue weighted by Gasteiger charge is -2.35. The molecule has 7 heteroatoms. The number of hydrogen-bond acceptors (Lipinski definition) is 5. The minimum absolute atomic E-state index is 0.0841. The summed E-state index contributed by atoms with van der Waals surface area (Å²) in [6, 6.07) is 16.4. The Morgan fingerprint density at radius 3 is 2.62 bits per heavy atom. The van der Waals surface area contributed by atoms with Crippen molar-refractivity contribution in [2.75, 3.05) is 6.54 Å². The highest BCUT2D eigenvalue weighted by atomic mass is 35.5. The summed E-state index contributed by atoms with van der Waals surface area (Å²) < 4.78 is 1.57. The Balaban J connectivity index is 1.61. The second kappa shape index (κ2) is 7.44. The van der Waals surface area contributed by atoms with E-state index < -0.39 is 0 Å². The van der Waals surface area contributed by atoms with E-state index in [2.05, 4.69) is 39.2 Å². The summed E-state index contributed by atoms with van der Waals surface area (Å²) in [5, 5.41) is 16.2.